The van der Waals surface area contributed by atoms with E-state index in [-0.39, 0.29) is 35.9 Å². The van der Waals surface area contributed by atoms with E-state index in [1.807, 2.05) is 0 Å². The predicted octanol–water partition coefficient (Wildman–Crippen LogP) is 2.37. The maximum Gasteiger partial charge on any atom is 0.417 e. The third-order valence-electron chi connectivity index (χ3n) is 5.64. The van der Waals surface area contributed by atoms with Crippen molar-refractivity contribution in [3.05, 3.63) is 99.2 Å². The molecule has 12 heteroatoms. The van der Waals surface area contributed by atoms with Crippen LogP contribution in [-0.2, 0) is 13.1 Å². The van der Waals surface area contributed by atoms with E-state index >= 15 is 0 Å². The lowest BCUT2D eigenvalue weighted by atomic mass is 10.1. The quantitative estimate of drug-likeness (QED) is 0.289. The highest BCUT2D eigenvalue weighted by molar-refractivity contribution is 5.98. The van der Waals surface area contributed by atoms with Gasteiger partial charge in [-0.05, 0) is 30.2 Å². The van der Waals surface area contributed by atoms with Gasteiger partial charge in [0.15, 0.2) is 22.8 Å². The Hall–Kier alpha value is -5.13. The van der Waals surface area contributed by atoms with Crippen molar-refractivity contribution in [2.75, 3.05) is 0 Å². The zero-order valence-electron chi connectivity index (χ0n) is 19.4. The zero-order valence-corrected chi connectivity index (χ0v) is 19.4. The fourth-order valence-electron chi connectivity index (χ4n) is 3.73. The Morgan fingerprint density at radius 3 is 2.46 bits per heavy atom. The van der Waals surface area contributed by atoms with E-state index in [9.17, 15) is 23.6 Å². The van der Waals surface area contributed by atoms with Crippen LogP contribution < -0.4 is 16.4 Å². The van der Waals surface area contributed by atoms with Gasteiger partial charge in [0.1, 0.15) is 11.4 Å². The van der Waals surface area contributed by atoms with Crippen LogP contribution in [0.2, 0.25) is 0 Å². The third-order valence-corrected chi connectivity index (χ3v) is 5.64. The number of nitrogens with one attached hydrogen (secondary N) is 3. The smallest absolute Gasteiger partial charge is 0.408 e. The molecule has 0 saturated heterocycles. The number of fused-ring (bicyclic) bond motifs is 2. The molecule has 0 aliphatic heterocycles. The average Bonchev–Trinajstić information content (AvgIpc) is 3.46. The van der Waals surface area contributed by atoms with Crippen LogP contribution in [0.25, 0.3) is 16.7 Å². The van der Waals surface area contributed by atoms with Gasteiger partial charge in [0.2, 0.25) is 0 Å². The molecule has 0 bridgehead atoms. The maximum atomic E-state index is 14.3. The fraction of sp³-hybridized carbons (Fsp3) is 0.120. The van der Waals surface area contributed by atoms with E-state index in [1.54, 1.807) is 42.5 Å². The molecule has 186 valence electrons. The van der Waals surface area contributed by atoms with Gasteiger partial charge >= 0.3 is 5.76 Å². The number of halogens is 1. The zero-order chi connectivity index (χ0) is 26.1. The largest absolute Gasteiger partial charge is 0.417 e. The molecule has 0 aliphatic carbocycles. The van der Waals surface area contributed by atoms with Crippen molar-refractivity contribution in [1.29, 1.82) is 0 Å². The molecule has 5 aromatic rings. The minimum atomic E-state index is -0.794. The summed E-state index contributed by atoms with van der Waals surface area (Å²) in [5.74, 6) is -2.70. The van der Waals surface area contributed by atoms with Crippen molar-refractivity contribution in [3.63, 3.8) is 0 Å². The summed E-state index contributed by atoms with van der Waals surface area (Å²) in [6.45, 7) is 1.67. The highest BCUT2D eigenvalue weighted by atomic mass is 19.1. The van der Waals surface area contributed by atoms with Crippen LogP contribution in [0.3, 0.4) is 0 Å². The molecular weight excluding hydrogens is 483 g/mol. The van der Waals surface area contributed by atoms with Crippen LogP contribution in [0.1, 0.15) is 49.4 Å². The molecule has 2 aromatic carbocycles. The Morgan fingerprint density at radius 2 is 1.70 bits per heavy atom. The molecule has 0 saturated carbocycles. The van der Waals surface area contributed by atoms with Crippen molar-refractivity contribution in [3.8, 4) is 0 Å². The minimum absolute atomic E-state index is 0.0711. The van der Waals surface area contributed by atoms with Crippen molar-refractivity contribution in [2.24, 2.45) is 0 Å². The number of Topliss-reactive ketones (excluding diaryl/α,β-unsaturated/α-hetero) is 1. The summed E-state index contributed by atoms with van der Waals surface area (Å²) in [7, 11) is 0. The van der Waals surface area contributed by atoms with Crippen molar-refractivity contribution >= 4 is 34.3 Å². The molecule has 11 nitrogen and oxygen atoms in total. The molecule has 0 aliphatic rings. The van der Waals surface area contributed by atoms with Gasteiger partial charge < -0.3 is 15.1 Å². The van der Waals surface area contributed by atoms with Crippen LogP contribution in [0, 0.1) is 5.82 Å². The number of ketones is 1. The van der Waals surface area contributed by atoms with Gasteiger partial charge in [-0.1, -0.05) is 30.3 Å². The van der Waals surface area contributed by atoms with Crippen LogP contribution in [0.5, 0.6) is 0 Å². The Kier molecular flexibility index (Phi) is 6.05. The number of carbonyl (C=O) groups excluding carboxylic acids is 3. The van der Waals surface area contributed by atoms with E-state index in [0.717, 1.165) is 16.3 Å². The summed E-state index contributed by atoms with van der Waals surface area (Å²) in [5, 5.41) is 9.23. The van der Waals surface area contributed by atoms with Gasteiger partial charge in [-0.2, -0.15) is 5.10 Å². The molecule has 0 fully saturated rings. The normalized spacial score (nSPS) is 11.1. The molecule has 2 amide bonds. The standard InChI is InChI=1S/C25H19FN6O5/c1-13(33)16-5-2-14(3-6-16)10-28-24(35)20-9-19(30-22-17(26)12-29-32(20)22)23(34)27-11-15-4-7-21-18(8-15)31-25(36)37-21/h2-9,12H,10-11H2,1H3,(H,27,34)(H,28,35)(H,31,36). The number of nitrogens with zero attached hydrogens (tertiary/aromatic N) is 3. The number of benzene rings is 2. The predicted molar refractivity (Wildman–Crippen MR) is 129 cm³/mol. The third kappa shape index (κ3) is 4.85. The summed E-state index contributed by atoms with van der Waals surface area (Å²) in [5.41, 5.74) is 2.28. The summed E-state index contributed by atoms with van der Waals surface area (Å²) in [4.78, 5) is 55.1. The first kappa shape index (κ1) is 23.6. The molecule has 3 N–H and O–H groups in total. The van der Waals surface area contributed by atoms with Crippen molar-refractivity contribution in [2.45, 2.75) is 20.0 Å². The van der Waals surface area contributed by atoms with Gasteiger partial charge in [0.05, 0.1) is 11.7 Å². The summed E-state index contributed by atoms with van der Waals surface area (Å²) in [6.07, 6.45) is 0.905. The number of H-pyrrole nitrogens is 1. The number of aromatic nitrogens is 4. The Morgan fingerprint density at radius 1 is 1.00 bits per heavy atom. The molecule has 0 unspecified atom stereocenters. The first-order chi connectivity index (χ1) is 17.8. The highest BCUT2D eigenvalue weighted by Gasteiger charge is 2.20. The van der Waals surface area contributed by atoms with Gasteiger partial charge in [0, 0.05) is 24.7 Å². The molecule has 3 heterocycles. The van der Waals surface area contributed by atoms with Crippen molar-refractivity contribution < 1.29 is 23.2 Å². The van der Waals surface area contributed by atoms with E-state index in [0.29, 0.717) is 22.2 Å². The number of carbonyl (C=O) groups is 3. The second-order valence-corrected chi connectivity index (χ2v) is 8.22. The number of hydrogen-bond donors (Lipinski definition) is 3. The summed E-state index contributed by atoms with van der Waals surface area (Å²) >= 11 is 0. The van der Waals surface area contributed by atoms with Crippen molar-refractivity contribution in [1.82, 2.24) is 30.2 Å². The molecule has 3 aromatic heterocycles. The molecule has 5 rings (SSSR count). The lowest BCUT2D eigenvalue weighted by Crippen LogP contribution is -2.28. The second kappa shape index (κ2) is 9.49. The molecular formula is C25H19FN6O5. The van der Waals surface area contributed by atoms with E-state index in [4.69, 9.17) is 4.42 Å². The maximum absolute atomic E-state index is 14.3. The topological polar surface area (TPSA) is 151 Å². The van der Waals surface area contributed by atoms with E-state index < -0.39 is 23.4 Å². The Balaban J connectivity index is 1.34. The van der Waals surface area contributed by atoms with Gasteiger partial charge in [-0.25, -0.2) is 18.7 Å². The monoisotopic (exact) mass is 502 g/mol. The van der Waals surface area contributed by atoms with E-state index in [2.05, 4.69) is 25.7 Å². The van der Waals surface area contributed by atoms with E-state index in [1.165, 1.54) is 13.0 Å². The highest BCUT2D eigenvalue weighted by Crippen LogP contribution is 2.14. The van der Waals surface area contributed by atoms with Crippen LogP contribution in [0.4, 0.5) is 4.39 Å². The Bertz CT molecular complexity index is 1730. The number of amides is 2. The number of hydrogen-bond acceptors (Lipinski definition) is 7. The second-order valence-electron chi connectivity index (χ2n) is 8.22. The molecule has 37 heavy (non-hydrogen) atoms. The Labute approximate surface area is 207 Å². The van der Waals surface area contributed by atoms with Crippen LogP contribution in [0.15, 0.2) is 63.9 Å². The fourth-order valence-corrected chi connectivity index (χ4v) is 3.73. The molecule has 0 spiro atoms. The lowest BCUT2D eigenvalue weighted by molar-refractivity contribution is 0.0941. The van der Waals surface area contributed by atoms with Crippen LogP contribution >= 0.6 is 0 Å². The van der Waals surface area contributed by atoms with Gasteiger partial charge in [-0.3, -0.25) is 19.4 Å². The molecule has 0 radical (unpaired) electrons. The lowest BCUT2D eigenvalue weighted by Gasteiger charge is -2.10. The summed E-state index contributed by atoms with van der Waals surface area (Å²) < 4.78 is 20.3. The van der Waals surface area contributed by atoms with Crippen LogP contribution in [-0.4, -0.2) is 37.2 Å². The van der Waals surface area contributed by atoms with Gasteiger partial charge in [0.25, 0.3) is 11.8 Å². The minimum Gasteiger partial charge on any atom is -0.408 e. The number of rotatable bonds is 7. The SMILES string of the molecule is CC(=O)c1ccc(CNC(=O)c2cc(C(=O)NCc3ccc4oc(=O)[nH]c4c3)nc3c(F)cnn23)cc1. The summed E-state index contributed by atoms with van der Waals surface area (Å²) in [6, 6.07) is 12.9. The van der Waals surface area contributed by atoms with Gasteiger partial charge in [-0.15, -0.1) is 0 Å². The first-order valence-corrected chi connectivity index (χ1v) is 11.1. The average molecular weight is 502 g/mol. The molecule has 0 atom stereocenters. The number of oxazole rings is 1. The number of aromatic amines is 1. The first-order valence-electron chi connectivity index (χ1n) is 11.1.